The lowest BCUT2D eigenvalue weighted by Crippen LogP contribution is -2.44. The number of hydrogen-bond donors (Lipinski definition) is 1. The summed E-state index contributed by atoms with van der Waals surface area (Å²) in [5.74, 6) is -0.0518. The summed E-state index contributed by atoms with van der Waals surface area (Å²) in [6.45, 7) is 6.48. The number of hydrogen-bond acceptors (Lipinski definition) is 6. The molecular formula is C16H24N4O3S. The van der Waals surface area contributed by atoms with Gasteiger partial charge < -0.3 is 19.9 Å². The normalized spacial score (nSPS) is 21.6. The number of anilines is 1. The Labute approximate surface area is 146 Å². The van der Waals surface area contributed by atoms with Crippen molar-refractivity contribution in [1.29, 1.82) is 0 Å². The number of ether oxygens (including phenoxy) is 1. The maximum Gasteiger partial charge on any atom is 0.225 e. The van der Waals surface area contributed by atoms with Crippen LogP contribution >= 0.6 is 11.3 Å². The van der Waals surface area contributed by atoms with Gasteiger partial charge in [0.2, 0.25) is 11.8 Å². The number of piperidine rings is 1. The molecule has 1 aromatic heterocycles. The van der Waals surface area contributed by atoms with E-state index in [1.54, 1.807) is 23.2 Å². The largest absolute Gasteiger partial charge is 0.378 e. The summed E-state index contributed by atoms with van der Waals surface area (Å²) in [6.07, 6.45) is 1.72. The minimum absolute atomic E-state index is 0.0156. The highest BCUT2D eigenvalue weighted by Crippen LogP contribution is 2.22. The molecule has 0 unspecified atom stereocenters. The van der Waals surface area contributed by atoms with Crippen molar-refractivity contribution in [3.05, 3.63) is 11.1 Å². The summed E-state index contributed by atoms with van der Waals surface area (Å²) >= 11 is 1.60. The molecule has 0 saturated carbocycles. The fraction of sp³-hybridized carbons (Fsp3) is 0.688. The molecule has 2 fully saturated rings. The summed E-state index contributed by atoms with van der Waals surface area (Å²) in [5, 5.41) is 5.95. The summed E-state index contributed by atoms with van der Waals surface area (Å²) in [5.41, 5.74) is 0.883. The number of thiazole rings is 1. The highest BCUT2D eigenvalue weighted by Gasteiger charge is 2.27. The number of amides is 2. The van der Waals surface area contributed by atoms with E-state index in [1.807, 2.05) is 5.38 Å². The first-order valence-corrected chi connectivity index (χ1v) is 9.32. The van der Waals surface area contributed by atoms with Gasteiger partial charge >= 0.3 is 0 Å². The Kier molecular flexibility index (Phi) is 5.68. The lowest BCUT2D eigenvalue weighted by Gasteiger charge is -2.31. The van der Waals surface area contributed by atoms with E-state index in [0.717, 1.165) is 56.5 Å². The van der Waals surface area contributed by atoms with Crippen molar-refractivity contribution < 1.29 is 14.3 Å². The number of morpholine rings is 1. The summed E-state index contributed by atoms with van der Waals surface area (Å²) in [7, 11) is 0. The van der Waals surface area contributed by atoms with E-state index in [1.165, 1.54) is 0 Å². The van der Waals surface area contributed by atoms with Gasteiger partial charge in [0, 0.05) is 38.5 Å². The maximum absolute atomic E-state index is 12.3. The van der Waals surface area contributed by atoms with Crippen molar-refractivity contribution >= 4 is 28.3 Å². The van der Waals surface area contributed by atoms with Gasteiger partial charge in [-0.05, 0) is 12.8 Å². The molecule has 1 atom stereocenters. The van der Waals surface area contributed by atoms with E-state index < -0.39 is 0 Å². The number of carbonyl (C=O) groups excluding carboxylic acids is 2. The van der Waals surface area contributed by atoms with E-state index in [4.69, 9.17) is 4.74 Å². The lowest BCUT2D eigenvalue weighted by molar-refractivity contribution is -0.134. The van der Waals surface area contributed by atoms with Gasteiger partial charge in [0.15, 0.2) is 5.13 Å². The molecule has 2 aliphatic heterocycles. The number of likely N-dealkylation sites (tertiary alicyclic amines) is 1. The molecule has 0 bridgehead atoms. The van der Waals surface area contributed by atoms with Crippen molar-refractivity contribution in [2.24, 2.45) is 5.92 Å². The molecule has 7 nitrogen and oxygen atoms in total. The van der Waals surface area contributed by atoms with Crippen LogP contribution in [-0.2, 0) is 20.9 Å². The number of carbonyl (C=O) groups is 2. The van der Waals surface area contributed by atoms with E-state index in [-0.39, 0.29) is 17.7 Å². The number of aromatic nitrogens is 1. The molecule has 2 aliphatic rings. The van der Waals surface area contributed by atoms with Crippen LogP contribution in [0.2, 0.25) is 0 Å². The fourth-order valence-electron chi connectivity index (χ4n) is 3.08. The quantitative estimate of drug-likeness (QED) is 0.870. The smallest absolute Gasteiger partial charge is 0.225 e. The Morgan fingerprint density at radius 2 is 2.17 bits per heavy atom. The van der Waals surface area contributed by atoms with Gasteiger partial charge in [0.25, 0.3) is 0 Å². The average Bonchev–Trinajstić information content (AvgIpc) is 3.09. The van der Waals surface area contributed by atoms with Crippen molar-refractivity contribution in [3.8, 4) is 0 Å². The second kappa shape index (κ2) is 7.94. The van der Waals surface area contributed by atoms with Crippen molar-refractivity contribution in [1.82, 2.24) is 15.2 Å². The van der Waals surface area contributed by atoms with Gasteiger partial charge in [-0.2, -0.15) is 0 Å². The lowest BCUT2D eigenvalue weighted by atomic mass is 9.97. The molecule has 3 heterocycles. The van der Waals surface area contributed by atoms with Crippen LogP contribution in [-0.4, -0.2) is 61.1 Å². The van der Waals surface area contributed by atoms with Crippen LogP contribution in [0.15, 0.2) is 5.38 Å². The Bertz CT molecular complexity index is 586. The first-order chi connectivity index (χ1) is 11.6. The first-order valence-electron chi connectivity index (χ1n) is 8.44. The van der Waals surface area contributed by atoms with Crippen molar-refractivity contribution in [2.45, 2.75) is 26.3 Å². The van der Waals surface area contributed by atoms with Gasteiger partial charge in [0.05, 0.1) is 31.4 Å². The predicted octanol–water partition coefficient (Wildman–Crippen LogP) is 0.854. The third-order valence-corrected chi connectivity index (χ3v) is 5.45. The predicted molar refractivity (Wildman–Crippen MR) is 92.0 cm³/mol. The summed E-state index contributed by atoms with van der Waals surface area (Å²) in [4.78, 5) is 32.4. The number of rotatable bonds is 4. The van der Waals surface area contributed by atoms with Gasteiger partial charge in [-0.3, -0.25) is 9.59 Å². The van der Waals surface area contributed by atoms with Crippen LogP contribution in [0.3, 0.4) is 0 Å². The second-order valence-electron chi connectivity index (χ2n) is 6.24. The Balaban J connectivity index is 1.49. The fourth-order valence-corrected chi connectivity index (χ4v) is 3.96. The van der Waals surface area contributed by atoms with Crippen LogP contribution in [0.4, 0.5) is 5.13 Å². The van der Waals surface area contributed by atoms with Crippen LogP contribution in [0.5, 0.6) is 0 Å². The average molecular weight is 352 g/mol. The zero-order valence-electron chi connectivity index (χ0n) is 14.0. The molecule has 1 N–H and O–H groups in total. The molecule has 1 aromatic rings. The molecule has 0 aliphatic carbocycles. The van der Waals surface area contributed by atoms with Gasteiger partial charge in [-0.15, -0.1) is 11.3 Å². The molecule has 132 valence electrons. The summed E-state index contributed by atoms with van der Waals surface area (Å²) in [6, 6.07) is 0. The topological polar surface area (TPSA) is 74.8 Å². The zero-order chi connectivity index (χ0) is 16.9. The van der Waals surface area contributed by atoms with Crippen molar-refractivity contribution in [2.75, 3.05) is 44.3 Å². The molecule has 8 heteroatoms. The van der Waals surface area contributed by atoms with E-state index in [9.17, 15) is 9.59 Å². The van der Waals surface area contributed by atoms with Crippen LogP contribution < -0.4 is 10.2 Å². The summed E-state index contributed by atoms with van der Waals surface area (Å²) < 4.78 is 5.35. The van der Waals surface area contributed by atoms with Crippen LogP contribution in [0, 0.1) is 5.92 Å². The molecule has 24 heavy (non-hydrogen) atoms. The van der Waals surface area contributed by atoms with Gasteiger partial charge in [0.1, 0.15) is 0 Å². The molecule has 0 radical (unpaired) electrons. The van der Waals surface area contributed by atoms with Crippen LogP contribution in [0.1, 0.15) is 25.5 Å². The van der Waals surface area contributed by atoms with E-state index in [2.05, 4.69) is 15.2 Å². The Hall–Kier alpha value is -1.67. The molecule has 0 aromatic carbocycles. The molecule has 0 spiro atoms. The third-order valence-electron chi connectivity index (χ3n) is 4.50. The van der Waals surface area contributed by atoms with Crippen molar-refractivity contribution in [3.63, 3.8) is 0 Å². The van der Waals surface area contributed by atoms with Gasteiger partial charge in [-0.1, -0.05) is 0 Å². The highest BCUT2D eigenvalue weighted by atomic mass is 32.1. The third kappa shape index (κ3) is 4.24. The minimum Gasteiger partial charge on any atom is -0.378 e. The molecule has 2 saturated heterocycles. The van der Waals surface area contributed by atoms with Gasteiger partial charge in [-0.25, -0.2) is 4.98 Å². The monoisotopic (exact) mass is 352 g/mol. The number of nitrogens with one attached hydrogen (secondary N) is 1. The molecular weight excluding hydrogens is 328 g/mol. The van der Waals surface area contributed by atoms with E-state index >= 15 is 0 Å². The molecule has 3 rings (SSSR count). The Morgan fingerprint density at radius 1 is 1.38 bits per heavy atom. The van der Waals surface area contributed by atoms with Crippen LogP contribution in [0.25, 0.3) is 0 Å². The van der Waals surface area contributed by atoms with E-state index in [0.29, 0.717) is 13.1 Å². The Morgan fingerprint density at radius 3 is 2.92 bits per heavy atom. The second-order valence-corrected chi connectivity index (χ2v) is 7.08. The first kappa shape index (κ1) is 17.2. The SMILES string of the molecule is CC(=O)N1CCC[C@H](C(=O)NCc2csc(N3CCOCC3)n2)C1. The minimum atomic E-state index is -0.111. The zero-order valence-corrected chi connectivity index (χ0v) is 14.8. The number of nitrogens with zero attached hydrogens (tertiary/aromatic N) is 3. The standard InChI is InChI=1S/C16H24N4O3S/c1-12(21)20-4-2-3-13(10-20)15(22)17-9-14-11-24-16(18-14)19-5-7-23-8-6-19/h11,13H,2-10H2,1H3,(H,17,22)/t13-/m0/s1. The molecule has 2 amide bonds. The maximum atomic E-state index is 12.3. The highest BCUT2D eigenvalue weighted by molar-refractivity contribution is 7.13.